The van der Waals surface area contributed by atoms with E-state index in [0.717, 1.165) is 5.69 Å². The SMILES string of the molecule is Cc1cc(NC(C)(C)C)c(C(=O)O)cn1. The Kier molecular flexibility index (Phi) is 2.98. The van der Waals surface area contributed by atoms with E-state index in [1.165, 1.54) is 6.20 Å². The number of aromatic nitrogens is 1. The Morgan fingerprint density at radius 2 is 2.07 bits per heavy atom. The average Bonchev–Trinajstić information content (AvgIpc) is 1.99. The van der Waals surface area contributed by atoms with E-state index in [2.05, 4.69) is 10.3 Å². The van der Waals surface area contributed by atoms with Crippen molar-refractivity contribution in [2.75, 3.05) is 5.32 Å². The Labute approximate surface area is 89.3 Å². The highest BCUT2D eigenvalue weighted by molar-refractivity contribution is 5.94. The van der Waals surface area contributed by atoms with Crippen LogP contribution in [0.15, 0.2) is 12.3 Å². The van der Waals surface area contributed by atoms with Crippen LogP contribution in [0.25, 0.3) is 0 Å². The number of hydrogen-bond donors (Lipinski definition) is 2. The average molecular weight is 208 g/mol. The first-order chi connectivity index (χ1) is 6.79. The number of rotatable bonds is 2. The van der Waals surface area contributed by atoms with Gasteiger partial charge in [0, 0.05) is 17.4 Å². The molecule has 0 fully saturated rings. The van der Waals surface area contributed by atoms with Crippen molar-refractivity contribution in [2.24, 2.45) is 0 Å². The highest BCUT2D eigenvalue weighted by Crippen LogP contribution is 2.20. The molecular weight excluding hydrogens is 192 g/mol. The molecule has 0 radical (unpaired) electrons. The molecule has 82 valence electrons. The maximum Gasteiger partial charge on any atom is 0.339 e. The van der Waals surface area contributed by atoms with Gasteiger partial charge in [-0.15, -0.1) is 0 Å². The molecule has 0 spiro atoms. The Bertz CT molecular complexity index is 381. The molecule has 0 unspecified atom stereocenters. The molecule has 0 saturated heterocycles. The first-order valence-electron chi connectivity index (χ1n) is 4.78. The third kappa shape index (κ3) is 3.23. The third-order valence-electron chi connectivity index (χ3n) is 1.78. The molecule has 0 bridgehead atoms. The van der Waals surface area contributed by atoms with Crippen molar-refractivity contribution in [3.63, 3.8) is 0 Å². The second-order valence-electron chi connectivity index (χ2n) is 4.55. The van der Waals surface area contributed by atoms with Gasteiger partial charge in [0.2, 0.25) is 0 Å². The van der Waals surface area contributed by atoms with E-state index in [0.29, 0.717) is 5.69 Å². The van der Waals surface area contributed by atoms with Crippen LogP contribution in [0, 0.1) is 6.92 Å². The molecule has 1 heterocycles. The van der Waals surface area contributed by atoms with Gasteiger partial charge in [0.1, 0.15) is 5.56 Å². The van der Waals surface area contributed by atoms with Crippen LogP contribution in [-0.2, 0) is 0 Å². The maximum atomic E-state index is 10.9. The van der Waals surface area contributed by atoms with Crippen LogP contribution in [0.4, 0.5) is 5.69 Å². The van der Waals surface area contributed by atoms with E-state index in [1.54, 1.807) is 6.07 Å². The summed E-state index contributed by atoms with van der Waals surface area (Å²) in [6.07, 6.45) is 1.38. The van der Waals surface area contributed by atoms with Crippen molar-refractivity contribution in [1.29, 1.82) is 0 Å². The summed E-state index contributed by atoms with van der Waals surface area (Å²) in [5, 5.41) is 12.1. The van der Waals surface area contributed by atoms with E-state index in [9.17, 15) is 4.79 Å². The van der Waals surface area contributed by atoms with Crippen LogP contribution >= 0.6 is 0 Å². The second kappa shape index (κ2) is 3.88. The fourth-order valence-corrected chi connectivity index (χ4v) is 1.24. The molecule has 0 atom stereocenters. The lowest BCUT2D eigenvalue weighted by atomic mass is 10.1. The smallest absolute Gasteiger partial charge is 0.339 e. The van der Waals surface area contributed by atoms with Gasteiger partial charge >= 0.3 is 5.97 Å². The summed E-state index contributed by atoms with van der Waals surface area (Å²) in [4.78, 5) is 14.9. The number of carbonyl (C=O) groups is 1. The summed E-state index contributed by atoms with van der Waals surface area (Å²) < 4.78 is 0. The Balaban J connectivity index is 3.13. The molecule has 0 aromatic carbocycles. The van der Waals surface area contributed by atoms with E-state index < -0.39 is 5.97 Å². The summed E-state index contributed by atoms with van der Waals surface area (Å²) in [7, 11) is 0. The molecular formula is C11H16N2O2. The van der Waals surface area contributed by atoms with Crippen LogP contribution in [0.2, 0.25) is 0 Å². The van der Waals surface area contributed by atoms with Gasteiger partial charge in [-0.2, -0.15) is 0 Å². The molecule has 0 amide bonds. The van der Waals surface area contributed by atoms with Gasteiger partial charge in [0.15, 0.2) is 0 Å². The molecule has 0 saturated carbocycles. The van der Waals surface area contributed by atoms with Crippen molar-refractivity contribution in [3.8, 4) is 0 Å². The molecule has 0 aliphatic heterocycles. The van der Waals surface area contributed by atoms with E-state index >= 15 is 0 Å². The lowest BCUT2D eigenvalue weighted by Crippen LogP contribution is -2.27. The number of nitrogens with zero attached hydrogens (tertiary/aromatic N) is 1. The highest BCUT2D eigenvalue weighted by atomic mass is 16.4. The van der Waals surface area contributed by atoms with Gasteiger partial charge in [0.05, 0.1) is 5.69 Å². The topological polar surface area (TPSA) is 62.2 Å². The number of aromatic carboxylic acids is 1. The van der Waals surface area contributed by atoms with E-state index in [1.807, 2.05) is 27.7 Å². The van der Waals surface area contributed by atoms with Gasteiger partial charge in [-0.05, 0) is 33.8 Å². The molecule has 0 aliphatic rings. The lowest BCUT2D eigenvalue weighted by molar-refractivity contribution is 0.0697. The van der Waals surface area contributed by atoms with E-state index in [-0.39, 0.29) is 11.1 Å². The van der Waals surface area contributed by atoms with Crippen LogP contribution < -0.4 is 5.32 Å². The minimum Gasteiger partial charge on any atom is -0.478 e. The fourth-order valence-electron chi connectivity index (χ4n) is 1.24. The van der Waals surface area contributed by atoms with Crippen LogP contribution in [0.3, 0.4) is 0 Å². The number of hydrogen-bond acceptors (Lipinski definition) is 3. The fraction of sp³-hybridized carbons (Fsp3) is 0.455. The summed E-state index contributed by atoms with van der Waals surface area (Å²) in [6, 6.07) is 1.74. The standard InChI is InChI=1S/C11H16N2O2/c1-7-5-9(13-11(2,3)4)8(6-12-7)10(14)15/h5-6H,1-4H3,(H,12,13)(H,14,15). The van der Waals surface area contributed by atoms with Gasteiger partial charge < -0.3 is 10.4 Å². The number of carboxylic acid groups (broad SMARTS) is 1. The predicted molar refractivity (Wildman–Crippen MR) is 59.3 cm³/mol. The molecule has 15 heavy (non-hydrogen) atoms. The van der Waals surface area contributed by atoms with Gasteiger partial charge in [-0.3, -0.25) is 4.98 Å². The largest absolute Gasteiger partial charge is 0.478 e. The number of pyridine rings is 1. The minimum atomic E-state index is -0.964. The number of anilines is 1. The first-order valence-corrected chi connectivity index (χ1v) is 4.78. The molecule has 4 heteroatoms. The van der Waals surface area contributed by atoms with Crippen molar-refractivity contribution in [2.45, 2.75) is 33.2 Å². The first kappa shape index (κ1) is 11.5. The Hall–Kier alpha value is -1.58. The Morgan fingerprint density at radius 1 is 1.47 bits per heavy atom. The van der Waals surface area contributed by atoms with Gasteiger partial charge in [0.25, 0.3) is 0 Å². The summed E-state index contributed by atoms with van der Waals surface area (Å²) >= 11 is 0. The predicted octanol–water partition coefficient (Wildman–Crippen LogP) is 2.30. The monoisotopic (exact) mass is 208 g/mol. The van der Waals surface area contributed by atoms with Crippen molar-refractivity contribution in [3.05, 3.63) is 23.5 Å². The molecule has 4 nitrogen and oxygen atoms in total. The van der Waals surface area contributed by atoms with Crippen LogP contribution in [0.1, 0.15) is 36.8 Å². The molecule has 1 rings (SSSR count). The Morgan fingerprint density at radius 3 is 2.53 bits per heavy atom. The summed E-state index contributed by atoms with van der Waals surface area (Å²) in [6.45, 7) is 7.77. The van der Waals surface area contributed by atoms with Crippen LogP contribution in [-0.4, -0.2) is 21.6 Å². The molecule has 1 aromatic rings. The van der Waals surface area contributed by atoms with Crippen LogP contribution in [0.5, 0.6) is 0 Å². The number of carboxylic acids is 1. The highest BCUT2D eigenvalue weighted by Gasteiger charge is 2.16. The zero-order valence-electron chi connectivity index (χ0n) is 9.46. The summed E-state index contributed by atoms with van der Waals surface area (Å²) in [5.41, 5.74) is 1.45. The van der Waals surface area contributed by atoms with Crippen molar-refractivity contribution < 1.29 is 9.90 Å². The third-order valence-corrected chi connectivity index (χ3v) is 1.78. The lowest BCUT2D eigenvalue weighted by Gasteiger charge is -2.23. The molecule has 2 N–H and O–H groups in total. The van der Waals surface area contributed by atoms with Crippen molar-refractivity contribution in [1.82, 2.24) is 4.98 Å². The number of nitrogens with one attached hydrogen (secondary N) is 1. The molecule has 0 aliphatic carbocycles. The van der Waals surface area contributed by atoms with Gasteiger partial charge in [-0.25, -0.2) is 4.79 Å². The second-order valence-corrected chi connectivity index (χ2v) is 4.55. The molecule has 1 aromatic heterocycles. The van der Waals surface area contributed by atoms with E-state index in [4.69, 9.17) is 5.11 Å². The normalized spacial score (nSPS) is 11.2. The summed E-state index contributed by atoms with van der Waals surface area (Å²) in [5.74, 6) is -0.964. The number of aryl methyl sites for hydroxylation is 1. The van der Waals surface area contributed by atoms with Crippen molar-refractivity contribution >= 4 is 11.7 Å². The zero-order chi connectivity index (χ0) is 11.6. The zero-order valence-corrected chi connectivity index (χ0v) is 9.46. The minimum absolute atomic E-state index is 0.169. The maximum absolute atomic E-state index is 10.9. The quantitative estimate of drug-likeness (QED) is 0.782. The van der Waals surface area contributed by atoms with Gasteiger partial charge in [-0.1, -0.05) is 0 Å².